The van der Waals surface area contributed by atoms with Gasteiger partial charge < -0.3 is 10.2 Å². The molecule has 3 rings (SSSR count). The van der Waals surface area contributed by atoms with Crippen LogP contribution in [-0.4, -0.2) is 51.9 Å². The number of hydrogen-bond donors (Lipinski definition) is 1. The maximum absolute atomic E-state index is 12.8. The molecule has 1 fully saturated rings. The molecule has 146 valence electrons. The number of anilines is 1. The summed E-state index contributed by atoms with van der Waals surface area (Å²) in [5.41, 5.74) is 1.09. The van der Waals surface area contributed by atoms with E-state index in [1.807, 2.05) is 17.9 Å². The molecule has 1 aliphatic heterocycles. The lowest BCUT2D eigenvalue weighted by Crippen LogP contribution is -2.52. The van der Waals surface area contributed by atoms with Gasteiger partial charge in [0.2, 0.25) is 0 Å². The Bertz CT molecular complexity index is 873. The number of nitrogens with zero attached hydrogens (tertiary/aromatic N) is 2. The molecule has 0 aliphatic carbocycles. The van der Waals surface area contributed by atoms with Crippen LogP contribution >= 0.6 is 12.4 Å². The van der Waals surface area contributed by atoms with Crippen molar-refractivity contribution >= 4 is 34.0 Å². The first-order chi connectivity index (χ1) is 12.4. The Morgan fingerprint density at radius 2 is 1.74 bits per heavy atom. The molecular weight excluding hydrogens is 386 g/mol. The Balaban J connectivity index is 0.00000261. The number of carbonyl (C=O) groups is 1. The van der Waals surface area contributed by atoms with E-state index in [2.05, 4.69) is 5.32 Å². The second-order valence-electron chi connectivity index (χ2n) is 6.38. The quantitative estimate of drug-likeness (QED) is 0.841. The lowest BCUT2D eigenvalue weighted by Gasteiger charge is -2.34. The van der Waals surface area contributed by atoms with Gasteiger partial charge in [0.05, 0.1) is 10.6 Å². The first kappa shape index (κ1) is 21.2. The second kappa shape index (κ2) is 8.73. The normalized spacial score (nSPS) is 17.1. The van der Waals surface area contributed by atoms with Gasteiger partial charge in [-0.25, -0.2) is 8.42 Å². The summed E-state index contributed by atoms with van der Waals surface area (Å²) in [6.45, 7) is 4.18. The maximum Gasteiger partial charge on any atom is 0.264 e. The number of piperazine rings is 1. The molecule has 0 unspecified atom stereocenters. The minimum Gasteiger partial charge on any atom is -0.333 e. The summed E-state index contributed by atoms with van der Waals surface area (Å²) >= 11 is 0. The van der Waals surface area contributed by atoms with Crippen molar-refractivity contribution in [2.24, 2.45) is 0 Å². The molecule has 1 aliphatic rings. The molecule has 1 atom stereocenters. The average Bonchev–Trinajstić information content (AvgIpc) is 2.68. The molecule has 2 aromatic rings. The van der Waals surface area contributed by atoms with Gasteiger partial charge in [0.15, 0.2) is 0 Å². The van der Waals surface area contributed by atoms with Crippen LogP contribution in [0.4, 0.5) is 5.69 Å². The van der Waals surface area contributed by atoms with Crippen molar-refractivity contribution in [3.05, 3.63) is 60.2 Å². The Morgan fingerprint density at radius 1 is 1.11 bits per heavy atom. The zero-order valence-corrected chi connectivity index (χ0v) is 17.0. The fraction of sp³-hybridized carbons (Fsp3) is 0.316. The summed E-state index contributed by atoms with van der Waals surface area (Å²) < 4.78 is 26.8. The molecule has 6 nitrogen and oxygen atoms in total. The summed E-state index contributed by atoms with van der Waals surface area (Å²) in [5, 5.41) is 3.25. The summed E-state index contributed by atoms with van der Waals surface area (Å²) in [6.07, 6.45) is 0. The fourth-order valence-electron chi connectivity index (χ4n) is 3.01. The zero-order chi connectivity index (χ0) is 18.7. The minimum absolute atomic E-state index is 0. The van der Waals surface area contributed by atoms with E-state index in [0.29, 0.717) is 17.8 Å². The topological polar surface area (TPSA) is 69.7 Å². The van der Waals surface area contributed by atoms with Gasteiger partial charge in [0.1, 0.15) is 0 Å². The predicted octanol–water partition coefficient (Wildman–Crippen LogP) is 2.37. The number of halogens is 1. The van der Waals surface area contributed by atoms with Crippen molar-refractivity contribution in [3.63, 3.8) is 0 Å². The van der Waals surface area contributed by atoms with E-state index in [1.54, 1.807) is 36.4 Å². The van der Waals surface area contributed by atoms with E-state index in [1.165, 1.54) is 23.5 Å². The van der Waals surface area contributed by atoms with Crippen LogP contribution in [0.25, 0.3) is 0 Å². The van der Waals surface area contributed by atoms with Crippen LogP contribution in [0.15, 0.2) is 59.5 Å². The smallest absolute Gasteiger partial charge is 0.264 e. The second-order valence-corrected chi connectivity index (χ2v) is 8.35. The van der Waals surface area contributed by atoms with Gasteiger partial charge in [0.25, 0.3) is 15.9 Å². The number of rotatable bonds is 4. The average molecular weight is 410 g/mol. The van der Waals surface area contributed by atoms with E-state index in [-0.39, 0.29) is 29.3 Å². The van der Waals surface area contributed by atoms with Gasteiger partial charge in [-0.05, 0) is 43.3 Å². The summed E-state index contributed by atoms with van der Waals surface area (Å²) in [4.78, 5) is 14.6. The van der Waals surface area contributed by atoms with Crippen LogP contribution < -0.4 is 9.62 Å². The third-order valence-corrected chi connectivity index (χ3v) is 6.44. The number of amides is 1. The molecule has 8 heteroatoms. The monoisotopic (exact) mass is 409 g/mol. The zero-order valence-electron chi connectivity index (χ0n) is 15.3. The lowest BCUT2D eigenvalue weighted by atomic mass is 10.1. The maximum atomic E-state index is 12.8. The number of nitrogens with one attached hydrogen (secondary N) is 1. The molecule has 0 radical (unpaired) electrons. The van der Waals surface area contributed by atoms with E-state index < -0.39 is 10.0 Å². The first-order valence-corrected chi connectivity index (χ1v) is 10.0. The van der Waals surface area contributed by atoms with Gasteiger partial charge in [-0.2, -0.15) is 0 Å². The standard InChI is InChI=1S/C19H23N3O3S.ClH/c1-15-14-20-12-13-22(15)19(23)16-8-10-18(11-9-16)26(24,25)21(2)17-6-4-3-5-7-17;/h3-11,15,20H,12-14H2,1-2H3;1H/t15-;/m0./s1. The van der Waals surface area contributed by atoms with Crippen LogP contribution in [0.1, 0.15) is 17.3 Å². The van der Waals surface area contributed by atoms with E-state index >= 15 is 0 Å². The van der Waals surface area contributed by atoms with Gasteiger partial charge >= 0.3 is 0 Å². The van der Waals surface area contributed by atoms with Gasteiger partial charge in [0, 0.05) is 38.3 Å². The Kier molecular flexibility index (Phi) is 6.86. The molecule has 1 amide bonds. The van der Waals surface area contributed by atoms with Crippen LogP contribution in [0, 0.1) is 0 Å². The number of benzene rings is 2. The molecule has 2 aromatic carbocycles. The molecule has 27 heavy (non-hydrogen) atoms. The third kappa shape index (κ3) is 4.43. The number of sulfonamides is 1. The highest BCUT2D eigenvalue weighted by Crippen LogP contribution is 2.22. The Morgan fingerprint density at radius 3 is 2.33 bits per heavy atom. The highest BCUT2D eigenvalue weighted by Gasteiger charge is 2.25. The first-order valence-electron chi connectivity index (χ1n) is 8.57. The van der Waals surface area contributed by atoms with Gasteiger partial charge in [-0.3, -0.25) is 9.10 Å². The number of hydrogen-bond acceptors (Lipinski definition) is 4. The van der Waals surface area contributed by atoms with Crippen molar-refractivity contribution in [1.29, 1.82) is 0 Å². The summed E-state index contributed by atoms with van der Waals surface area (Å²) in [5.74, 6) is -0.0700. The molecular formula is C19H24ClN3O3S. The van der Waals surface area contributed by atoms with Crippen LogP contribution in [0.2, 0.25) is 0 Å². The highest BCUT2D eigenvalue weighted by molar-refractivity contribution is 7.92. The van der Waals surface area contributed by atoms with Gasteiger partial charge in [-0.15, -0.1) is 12.4 Å². The van der Waals surface area contributed by atoms with Crippen molar-refractivity contribution in [2.75, 3.05) is 31.0 Å². The van der Waals surface area contributed by atoms with Crippen molar-refractivity contribution in [2.45, 2.75) is 17.9 Å². The van der Waals surface area contributed by atoms with E-state index in [0.717, 1.165) is 13.1 Å². The molecule has 1 saturated heterocycles. The van der Waals surface area contributed by atoms with E-state index in [4.69, 9.17) is 0 Å². The largest absolute Gasteiger partial charge is 0.333 e. The van der Waals surface area contributed by atoms with Crippen molar-refractivity contribution < 1.29 is 13.2 Å². The lowest BCUT2D eigenvalue weighted by molar-refractivity contribution is 0.0655. The molecule has 0 bridgehead atoms. The summed E-state index contributed by atoms with van der Waals surface area (Å²) in [6, 6.07) is 15.2. The summed E-state index contributed by atoms with van der Waals surface area (Å²) in [7, 11) is -2.15. The Labute approximate surface area is 166 Å². The predicted molar refractivity (Wildman–Crippen MR) is 109 cm³/mol. The van der Waals surface area contributed by atoms with Crippen molar-refractivity contribution in [3.8, 4) is 0 Å². The molecule has 0 saturated carbocycles. The third-order valence-electron chi connectivity index (χ3n) is 4.64. The minimum atomic E-state index is -3.67. The molecule has 1 heterocycles. The van der Waals surface area contributed by atoms with Crippen molar-refractivity contribution in [1.82, 2.24) is 10.2 Å². The van der Waals surface area contributed by atoms with Crippen LogP contribution in [0.5, 0.6) is 0 Å². The van der Waals surface area contributed by atoms with E-state index in [9.17, 15) is 13.2 Å². The number of carbonyl (C=O) groups excluding carboxylic acids is 1. The fourth-order valence-corrected chi connectivity index (χ4v) is 4.21. The highest BCUT2D eigenvalue weighted by atomic mass is 35.5. The molecule has 0 aromatic heterocycles. The van der Waals surface area contributed by atoms with Crippen LogP contribution in [0.3, 0.4) is 0 Å². The molecule has 0 spiro atoms. The molecule has 1 N–H and O–H groups in total. The Hall–Kier alpha value is -2.09. The van der Waals surface area contributed by atoms with Crippen LogP contribution in [-0.2, 0) is 10.0 Å². The number of para-hydroxylation sites is 1. The van der Waals surface area contributed by atoms with Gasteiger partial charge in [-0.1, -0.05) is 18.2 Å². The SMILES string of the molecule is C[C@H]1CNCCN1C(=O)c1ccc(S(=O)(=O)N(C)c2ccccc2)cc1.Cl.